The van der Waals surface area contributed by atoms with Gasteiger partial charge in [-0.05, 0) is 24.3 Å². The third-order valence-corrected chi connectivity index (χ3v) is 2.74. The van der Waals surface area contributed by atoms with Crippen molar-refractivity contribution in [2.45, 2.75) is 0 Å². The minimum absolute atomic E-state index is 0.0272. The van der Waals surface area contributed by atoms with Crippen molar-refractivity contribution < 1.29 is 9.60 Å². The molecule has 0 amide bonds. The standard InChI is InChI=1S/C13H13FN4O/c1-18(10-4-2-3-9(14)7-10)12-8-16-6-5-11(12)13(15)17-19/h2-8,19H,1H3,(H2,15,17). The number of benzene rings is 1. The molecule has 2 rings (SSSR count). The van der Waals surface area contributed by atoms with E-state index < -0.39 is 0 Å². The molecule has 0 fully saturated rings. The van der Waals surface area contributed by atoms with Crippen LogP contribution in [-0.4, -0.2) is 23.1 Å². The highest BCUT2D eigenvalue weighted by Crippen LogP contribution is 2.26. The molecule has 0 atom stereocenters. The van der Waals surface area contributed by atoms with Crippen LogP contribution < -0.4 is 10.6 Å². The van der Waals surface area contributed by atoms with Gasteiger partial charge < -0.3 is 15.8 Å². The molecule has 0 aliphatic rings. The van der Waals surface area contributed by atoms with Crippen LogP contribution in [0.1, 0.15) is 5.56 Å². The van der Waals surface area contributed by atoms with Crippen LogP contribution in [0.3, 0.4) is 0 Å². The molecule has 5 nitrogen and oxygen atoms in total. The van der Waals surface area contributed by atoms with Crippen LogP contribution in [0.2, 0.25) is 0 Å². The molecular formula is C13H13FN4O. The van der Waals surface area contributed by atoms with Gasteiger partial charge in [0, 0.05) is 24.5 Å². The lowest BCUT2D eigenvalue weighted by molar-refractivity contribution is 0.318. The third kappa shape index (κ3) is 2.62. The van der Waals surface area contributed by atoms with Crippen molar-refractivity contribution in [3.05, 3.63) is 54.1 Å². The first-order valence-corrected chi connectivity index (χ1v) is 5.54. The number of aromatic nitrogens is 1. The Morgan fingerprint density at radius 2 is 2.21 bits per heavy atom. The average molecular weight is 260 g/mol. The molecule has 1 heterocycles. The molecule has 0 aliphatic heterocycles. The molecule has 98 valence electrons. The summed E-state index contributed by atoms with van der Waals surface area (Å²) in [5.41, 5.74) is 7.38. The van der Waals surface area contributed by atoms with Crippen molar-refractivity contribution in [2.24, 2.45) is 10.9 Å². The molecule has 1 aromatic carbocycles. The third-order valence-electron chi connectivity index (χ3n) is 2.74. The molecule has 1 aromatic heterocycles. The molecule has 0 bridgehead atoms. The van der Waals surface area contributed by atoms with E-state index in [0.29, 0.717) is 16.9 Å². The highest BCUT2D eigenvalue weighted by atomic mass is 19.1. The number of amidine groups is 1. The Bertz CT molecular complexity index is 615. The lowest BCUT2D eigenvalue weighted by Gasteiger charge is -2.21. The molecule has 0 spiro atoms. The highest BCUT2D eigenvalue weighted by molar-refractivity contribution is 6.02. The largest absolute Gasteiger partial charge is 0.409 e. The average Bonchev–Trinajstić information content (AvgIpc) is 2.45. The van der Waals surface area contributed by atoms with Gasteiger partial charge >= 0.3 is 0 Å². The van der Waals surface area contributed by atoms with Crippen LogP contribution in [0.25, 0.3) is 0 Å². The number of pyridine rings is 1. The molecule has 0 saturated heterocycles. The van der Waals surface area contributed by atoms with Gasteiger partial charge in [0.25, 0.3) is 0 Å². The number of rotatable bonds is 3. The second-order valence-electron chi connectivity index (χ2n) is 3.92. The van der Waals surface area contributed by atoms with Gasteiger partial charge in [0.2, 0.25) is 0 Å². The van der Waals surface area contributed by atoms with E-state index in [9.17, 15) is 4.39 Å². The Balaban J connectivity index is 2.47. The predicted molar refractivity (Wildman–Crippen MR) is 71.2 cm³/mol. The van der Waals surface area contributed by atoms with Crippen LogP contribution in [0, 0.1) is 5.82 Å². The van der Waals surface area contributed by atoms with Gasteiger partial charge in [-0.3, -0.25) is 4.98 Å². The molecular weight excluding hydrogens is 247 g/mol. The Labute approximate surface area is 109 Å². The number of hydrogen-bond acceptors (Lipinski definition) is 4. The van der Waals surface area contributed by atoms with Gasteiger partial charge in [-0.15, -0.1) is 0 Å². The fourth-order valence-electron chi connectivity index (χ4n) is 1.75. The predicted octanol–water partition coefficient (Wildman–Crippen LogP) is 2.08. The van der Waals surface area contributed by atoms with E-state index in [2.05, 4.69) is 10.1 Å². The minimum Gasteiger partial charge on any atom is -0.409 e. The van der Waals surface area contributed by atoms with Crippen LogP contribution >= 0.6 is 0 Å². The zero-order chi connectivity index (χ0) is 13.8. The minimum atomic E-state index is -0.335. The summed E-state index contributed by atoms with van der Waals surface area (Å²) in [6.45, 7) is 0. The lowest BCUT2D eigenvalue weighted by Crippen LogP contribution is -2.19. The van der Waals surface area contributed by atoms with E-state index in [-0.39, 0.29) is 11.7 Å². The van der Waals surface area contributed by atoms with Gasteiger partial charge in [-0.25, -0.2) is 4.39 Å². The van der Waals surface area contributed by atoms with Crippen molar-refractivity contribution >= 4 is 17.2 Å². The van der Waals surface area contributed by atoms with Crippen molar-refractivity contribution in [1.82, 2.24) is 4.98 Å². The Morgan fingerprint density at radius 3 is 2.89 bits per heavy atom. The van der Waals surface area contributed by atoms with Crippen LogP contribution in [0.4, 0.5) is 15.8 Å². The fraction of sp³-hybridized carbons (Fsp3) is 0.0769. The summed E-state index contributed by atoms with van der Waals surface area (Å²) in [5.74, 6) is -0.362. The molecule has 0 unspecified atom stereocenters. The first kappa shape index (κ1) is 12.8. The summed E-state index contributed by atoms with van der Waals surface area (Å²) in [6, 6.07) is 7.75. The van der Waals surface area contributed by atoms with Gasteiger partial charge in [0.05, 0.1) is 11.9 Å². The number of nitrogens with two attached hydrogens (primary N) is 1. The molecule has 3 N–H and O–H groups in total. The maximum Gasteiger partial charge on any atom is 0.172 e. The number of nitrogens with zero attached hydrogens (tertiary/aromatic N) is 3. The Kier molecular flexibility index (Phi) is 3.61. The molecule has 0 radical (unpaired) electrons. The Morgan fingerprint density at radius 1 is 1.42 bits per heavy atom. The quantitative estimate of drug-likeness (QED) is 0.383. The maximum absolute atomic E-state index is 13.2. The second-order valence-corrected chi connectivity index (χ2v) is 3.92. The van der Waals surface area contributed by atoms with Crippen LogP contribution in [-0.2, 0) is 0 Å². The van der Waals surface area contributed by atoms with Gasteiger partial charge in [-0.1, -0.05) is 11.2 Å². The zero-order valence-electron chi connectivity index (χ0n) is 10.3. The smallest absolute Gasteiger partial charge is 0.172 e. The van der Waals surface area contributed by atoms with Crippen molar-refractivity contribution in [2.75, 3.05) is 11.9 Å². The zero-order valence-corrected chi connectivity index (χ0v) is 10.3. The van der Waals surface area contributed by atoms with Crippen molar-refractivity contribution in [3.63, 3.8) is 0 Å². The molecule has 0 aliphatic carbocycles. The molecule has 0 saturated carbocycles. The SMILES string of the molecule is CN(c1cccc(F)c1)c1cnccc1/C(N)=N/O. The Hall–Kier alpha value is -2.63. The normalized spacial score (nSPS) is 11.4. The van der Waals surface area contributed by atoms with E-state index in [4.69, 9.17) is 10.9 Å². The second kappa shape index (κ2) is 5.34. The summed E-state index contributed by atoms with van der Waals surface area (Å²) in [4.78, 5) is 5.72. The first-order valence-electron chi connectivity index (χ1n) is 5.54. The highest BCUT2D eigenvalue weighted by Gasteiger charge is 2.12. The number of hydrogen-bond donors (Lipinski definition) is 2. The van der Waals surface area contributed by atoms with Gasteiger partial charge in [0.15, 0.2) is 5.84 Å². The van der Waals surface area contributed by atoms with E-state index in [1.165, 1.54) is 18.3 Å². The van der Waals surface area contributed by atoms with Gasteiger partial charge in [-0.2, -0.15) is 0 Å². The van der Waals surface area contributed by atoms with E-state index >= 15 is 0 Å². The molecule has 19 heavy (non-hydrogen) atoms. The lowest BCUT2D eigenvalue weighted by atomic mass is 10.2. The number of halogens is 1. The summed E-state index contributed by atoms with van der Waals surface area (Å²) in [7, 11) is 1.75. The van der Waals surface area contributed by atoms with Gasteiger partial charge in [0.1, 0.15) is 5.82 Å². The topological polar surface area (TPSA) is 74.7 Å². The van der Waals surface area contributed by atoms with Crippen molar-refractivity contribution in [1.29, 1.82) is 0 Å². The molecule has 6 heteroatoms. The number of oxime groups is 1. The number of anilines is 2. The van der Waals surface area contributed by atoms with Crippen LogP contribution in [0.15, 0.2) is 47.9 Å². The van der Waals surface area contributed by atoms with E-state index in [0.717, 1.165) is 0 Å². The summed E-state index contributed by atoms with van der Waals surface area (Å²) in [6.07, 6.45) is 3.11. The van der Waals surface area contributed by atoms with E-state index in [1.54, 1.807) is 36.3 Å². The van der Waals surface area contributed by atoms with E-state index in [1.807, 2.05) is 0 Å². The monoisotopic (exact) mass is 260 g/mol. The summed E-state index contributed by atoms with van der Waals surface area (Å²) in [5, 5.41) is 11.8. The summed E-state index contributed by atoms with van der Waals surface area (Å²) < 4.78 is 13.2. The van der Waals surface area contributed by atoms with Crippen molar-refractivity contribution in [3.8, 4) is 0 Å². The first-order chi connectivity index (χ1) is 9.13. The maximum atomic E-state index is 13.2. The molecule has 2 aromatic rings. The summed E-state index contributed by atoms with van der Waals surface area (Å²) >= 11 is 0. The fourth-order valence-corrected chi connectivity index (χ4v) is 1.75. The van der Waals surface area contributed by atoms with Crippen LogP contribution in [0.5, 0.6) is 0 Å².